The van der Waals surface area contributed by atoms with Crippen molar-refractivity contribution in [3.8, 4) is 0 Å². The van der Waals surface area contributed by atoms with Crippen LogP contribution in [0.3, 0.4) is 0 Å². The molecule has 2 aromatic rings. The van der Waals surface area contributed by atoms with Gasteiger partial charge in [0, 0.05) is 19.4 Å². The van der Waals surface area contributed by atoms with Gasteiger partial charge in [-0.15, -0.1) is 0 Å². The van der Waals surface area contributed by atoms with Crippen LogP contribution in [0.4, 0.5) is 9.18 Å². The molecular formula is C16H21FN4O2. The molecule has 6 nitrogen and oxygen atoms in total. The maximum Gasteiger partial charge on any atom is 0.315 e. The number of aliphatic hydroxyl groups excluding tert-OH is 1. The summed E-state index contributed by atoms with van der Waals surface area (Å²) in [6, 6.07) is 4.66. The van der Waals surface area contributed by atoms with E-state index in [0.29, 0.717) is 17.8 Å². The molecule has 2 atom stereocenters. The van der Waals surface area contributed by atoms with Gasteiger partial charge in [0.15, 0.2) is 0 Å². The number of rotatable bonds is 6. The van der Waals surface area contributed by atoms with Crippen molar-refractivity contribution in [1.82, 2.24) is 20.2 Å². The lowest BCUT2D eigenvalue weighted by atomic mass is 10.1. The summed E-state index contributed by atoms with van der Waals surface area (Å²) in [5.74, 6) is 0.202. The number of nitrogens with zero attached hydrogens (tertiary/aromatic N) is 2. The summed E-state index contributed by atoms with van der Waals surface area (Å²) in [6.07, 6.45) is 3.98. The van der Waals surface area contributed by atoms with Gasteiger partial charge in [-0.05, 0) is 24.1 Å². The maximum atomic E-state index is 13.5. The van der Waals surface area contributed by atoms with Crippen molar-refractivity contribution in [2.45, 2.75) is 25.4 Å². The van der Waals surface area contributed by atoms with Gasteiger partial charge in [-0.3, -0.25) is 0 Å². The zero-order chi connectivity index (χ0) is 16.8. The number of aliphatic hydroxyl groups is 1. The van der Waals surface area contributed by atoms with E-state index in [0.717, 1.165) is 0 Å². The molecule has 0 saturated carbocycles. The SMILES string of the molecule is CC[C@@H](CO)NC(=O)N[C@H](c1cccc(F)c1)c1nccn1C. The highest BCUT2D eigenvalue weighted by atomic mass is 19.1. The molecule has 0 aliphatic rings. The summed E-state index contributed by atoms with van der Waals surface area (Å²) in [4.78, 5) is 16.4. The first-order valence-corrected chi connectivity index (χ1v) is 7.45. The second-order valence-corrected chi connectivity index (χ2v) is 5.29. The van der Waals surface area contributed by atoms with E-state index in [1.54, 1.807) is 36.1 Å². The van der Waals surface area contributed by atoms with Crippen LogP contribution in [0.1, 0.15) is 30.8 Å². The summed E-state index contributed by atoms with van der Waals surface area (Å²) in [5.41, 5.74) is 0.589. The Morgan fingerprint density at radius 3 is 2.78 bits per heavy atom. The van der Waals surface area contributed by atoms with Crippen LogP contribution in [0.15, 0.2) is 36.7 Å². The molecule has 0 aliphatic heterocycles. The average Bonchev–Trinajstić information content (AvgIpc) is 2.96. The Morgan fingerprint density at radius 1 is 1.43 bits per heavy atom. The van der Waals surface area contributed by atoms with Gasteiger partial charge in [-0.1, -0.05) is 19.1 Å². The molecule has 3 N–H and O–H groups in total. The fourth-order valence-corrected chi connectivity index (χ4v) is 2.27. The number of aryl methyl sites for hydroxylation is 1. The van der Waals surface area contributed by atoms with Crippen molar-refractivity contribution < 1.29 is 14.3 Å². The van der Waals surface area contributed by atoms with E-state index in [1.165, 1.54) is 12.1 Å². The highest BCUT2D eigenvalue weighted by Gasteiger charge is 2.22. The van der Waals surface area contributed by atoms with Crippen molar-refractivity contribution in [2.75, 3.05) is 6.61 Å². The fourth-order valence-electron chi connectivity index (χ4n) is 2.27. The lowest BCUT2D eigenvalue weighted by molar-refractivity contribution is 0.212. The number of urea groups is 1. The standard InChI is InChI=1S/C16H21FN4O2/c1-3-13(10-22)19-16(23)20-14(15-18-7-8-21(15)2)11-5-4-6-12(17)9-11/h4-9,13-14,22H,3,10H2,1-2H3,(H2,19,20,23)/t13-,14+/m0/s1. The zero-order valence-electron chi connectivity index (χ0n) is 13.2. The number of halogens is 1. The highest BCUT2D eigenvalue weighted by molar-refractivity contribution is 5.75. The molecule has 23 heavy (non-hydrogen) atoms. The predicted octanol–water partition coefficient (Wildman–Crippen LogP) is 1.72. The van der Waals surface area contributed by atoms with Crippen LogP contribution >= 0.6 is 0 Å². The molecule has 0 unspecified atom stereocenters. The third kappa shape index (κ3) is 4.29. The Bertz CT molecular complexity index is 655. The molecule has 0 radical (unpaired) electrons. The van der Waals surface area contributed by atoms with Crippen LogP contribution < -0.4 is 10.6 Å². The topological polar surface area (TPSA) is 79.2 Å². The number of amides is 2. The molecule has 1 heterocycles. The second-order valence-electron chi connectivity index (χ2n) is 5.29. The Kier molecular flexibility index (Phi) is 5.70. The predicted molar refractivity (Wildman–Crippen MR) is 84.3 cm³/mol. The molecule has 7 heteroatoms. The van der Waals surface area contributed by atoms with Crippen LogP contribution in [-0.2, 0) is 7.05 Å². The Morgan fingerprint density at radius 2 is 2.22 bits per heavy atom. The number of carbonyl (C=O) groups is 1. The molecular weight excluding hydrogens is 299 g/mol. The van der Waals surface area contributed by atoms with Crippen molar-refractivity contribution in [3.05, 3.63) is 53.9 Å². The van der Waals surface area contributed by atoms with E-state index < -0.39 is 12.1 Å². The number of hydrogen-bond donors (Lipinski definition) is 3. The Balaban J connectivity index is 2.25. The van der Waals surface area contributed by atoms with E-state index >= 15 is 0 Å². The summed E-state index contributed by atoms with van der Waals surface area (Å²) in [5, 5.41) is 14.7. The second kappa shape index (κ2) is 7.73. The van der Waals surface area contributed by atoms with Gasteiger partial charge in [0.1, 0.15) is 17.7 Å². The monoisotopic (exact) mass is 320 g/mol. The normalized spacial score (nSPS) is 13.4. The Labute approximate surface area is 134 Å². The van der Waals surface area contributed by atoms with Crippen molar-refractivity contribution >= 4 is 6.03 Å². The van der Waals surface area contributed by atoms with Crippen LogP contribution in [0.2, 0.25) is 0 Å². The van der Waals surface area contributed by atoms with Gasteiger partial charge in [0.05, 0.1) is 12.6 Å². The molecule has 0 saturated heterocycles. The van der Waals surface area contributed by atoms with Crippen LogP contribution in [-0.4, -0.2) is 33.3 Å². The van der Waals surface area contributed by atoms with Gasteiger partial charge in [0.25, 0.3) is 0 Å². The van der Waals surface area contributed by atoms with E-state index in [-0.39, 0.29) is 18.5 Å². The molecule has 124 valence electrons. The minimum atomic E-state index is -0.595. The molecule has 0 spiro atoms. The molecule has 1 aromatic carbocycles. The first kappa shape index (κ1) is 17.0. The van der Waals surface area contributed by atoms with Gasteiger partial charge in [-0.2, -0.15) is 0 Å². The van der Waals surface area contributed by atoms with Gasteiger partial charge in [0.2, 0.25) is 0 Å². The number of imidazole rings is 1. The maximum absolute atomic E-state index is 13.5. The molecule has 1 aromatic heterocycles. The number of carbonyl (C=O) groups excluding carboxylic acids is 1. The van der Waals surface area contributed by atoms with Crippen LogP contribution in [0, 0.1) is 5.82 Å². The van der Waals surface area contributed by atoms with E-state index in [2.05, 4.69) is 15.6 Å². The Hall–Kier alpha value is -2.41. The van der Waals surface area contributed by atoms with E-state index in [4.69, 9.17) is 0 Å². The average molecular weight is 320 g/mol. The lowest BCUT2D eigenvalue weighted by Gasteiger charge is -2.21. The van der Waals surface area contributed by atoms with Gasteiger partial charge >= 0.3 is 6.03 Å². The van der Waals surface area contributed by atoms with Gasteiger partial charge in [-0.25, -0.2) is 14.2 Å². The minimum Gasteiger partial charge on any atom is -0.394 e. The molecule has 0 fully saturated rings. The van der Waals surface area contributed by atoms with E-state index in [1.807, 2.05) is 6.92 Å². The van der Waals surface area contributed by atoms with Crippen LogP contribution in [0.25, 0.3) is 0 Å². The number of nitrogens with one attached hydrogen (secondary N) is 2. The highest BCUT2D eigenvalue weighted by Crippen LogP contribution is 2.21. The lowest BCUT2D eigenvalue weighted by Crippen LogP contribution is -2.45. The van der Waals surface area contributed by atoms with E-state index in [9.17, 15) is 14.3 Å². The largest absolute Gasteiger partial charge is 0.394 e. The number of hydrogen-bond acceptors (Lipinski definition) is 3. The van der Waals surface area contributed by atoms with Crippen molar-refractivity contribution in [2.24, 2.45) is 7.05 Å². The first-order valence-electron chi connectivity index (χ1n) is 7.45. The number of benzene rings is 1. The molecule has 2 rings (SSSR count). The minimum absolute atomic E-state index is 0.142. The summed E-state index contributed by atoms with van der Waals surface area (Å²) in [7, 11) is 1.80. The molecule has 2 amide bonds. The summed E-state index contributed by atoms with van der Waals surface area (Å²) >= 11 is 0. The molecule has 0 aliphatic carbocycles. The third-order valence-corrected chi connectivity index (χ3v) is 3.62. The smallest absolute Gasteiger partial charge is 0.315 e. The summed E-state index contributed by atoms with van der Waals surface area (Å²) in [6.45, 7) is 1.72. The summed E-state index contributed by atoms with van der Waals surface area (Å²) < 4.78 is 15.3. The molecule has 0 bridgehead atoms. The first-order chi connectivity index (χ1) is 11.0. The third-order valence-electron chi connectivity index (χ3n) is 3.62. The number of aromatic nitrogens is 2. The quantitative estimate of drug-likeness (QED) is 0.758. The van der Waals surface area contributed by atoms with Crippen molar-refractivity contribution in [1.29, 1.82) is 0 Å². The zero-order valence-corrected chi connectivity index (χ0v) is 13.2. The van der Waals surface area contributed by atoms with Crippen molar-refractivity contribution in [3.63, 3.8) is 0 Å². The fraction of sp³-hybridized carbons (Fsp3) is 0.375. The van der Waals surface area contributed by atoms with Crippen LogP contribution in [0.5, 0.6) is 0 Å². The van der Waals surface area contributed by atoms with Gasteiger partial charge < -0.3 is 20.3 Å².